The van der Waals surface area contributed by atoms with Crippen molar-refractivity contribution in [2.45, 2.75) is 13.1 Å². The Balaban J connectivity index is 1.55. The third-order valence-electron chi connectivity index (χ3n) is 4.59. The number of fused-ring (bicyclic) bond motifs is 2. The molecule has 0 saturated heterocycles. The van der Waals surface area contributed by atoms with E-state index < -0.39 is 0 Å². The third-order valence-corrected chi connectivity index (χ3v) is 4.59. The summed E-state index contributed by atoms with van der Waals surface area (Å²) in [6.07, 6.45) is 4.45. The minimum atomic E-state index is 0.880. The zero-order valence-corrected chi connectivity index (χ0v) is 13.6. The van der Waals surface area contributed by atoms with Gasteiger partial charge in [-0.3, -0.25) is 0 Å². The van der Waals surface area contributed by atoms with Crippen molar-refractivity contribution in [3.05, 3.63) is 72.1 Å². The predicted octanol–water partition coefficient (Wildman–Crippen LogP) is 3.96. The van der Waals surface area contributed by atoms with E-state index in [2.05, 4.69) is 89.5 Å². The van der Waals surface area contributed by atoms with Crippen LogP contribution in [0.25, 0.3) is 21.8 Å². The number of para-hydroxylation sites is 2. The molecule has 0 aliphatic heterocycles. The molecule has 0 atom stereocenters. The smallest absolute Gasteiger partial charge is 0.0481 e. The van der Waals surface area contributed by atoms with Gasteiger partial charge in [-0.05, 0) is 23.3 Å². The van der Waals surface area contributed by atoms with Gasteiger partial charge >= 0.3 is 0 Å². The van der Waals surface area contributed by atoms with E-state index in [0.29, 0.717) is 0 Å². The molecule has 116 valence electrons. The molecule has 0 amide bonds. The van der Waals surface area contributed by atoms with E-state index in [-0.39, 0.29) is 0 Å². The standard InChI is InChI=1S/C20H21N3/c1-22-13-15(17-7-3-5-9-19(17)22)11-21-12-16-14-23(2)20-10-6-4-8-18(16)20/h3-10,13-14,21H,11-12H2,1-2H3. The number of benzene rings is 2. The maximum atomic E-state index is 3.60. The summed E-state index contributed by atoms with van der Waals surface area (Å²) in [6.45, 7) is 1.76. The Morgan fingerprint density at radius 2 is 1.13 bits per heavy atom. The zero-order valence-electron chi connectivity index (χ0n) is 13.6. The van der Waals surface area contributed by atoms with Crippen LogP contribution in [0.2, 0.25) is 0 Å². The van der Waals surface area contributed by atoms with Crippen LogP contribution >= 0.6 is 0 Å². The van der Waals surface area contributed by atoms with Gasteiger partial charge in [-0.1, -0.05) is 36.4 Å². The highest BCUT2D eigenvalue weighted by molar-refractivity contribution is 5.84. The van der Waals surface area contributed by atoms with Crippen LogP contribution < -0.4 is 5.32 Å². The van der Waals surface area contributed by atoms with Gasteiger partial charge in [-0.15, -0.1) is 0 Å². The van der Waals surface area contributed by atoms with E-state index >= 15 is 0 Å². The minimum absolute atomic E-state index is 0.880. The first-order chi connectivity index (χ1) is 11.2. The van der Waals surface area contributed by atoms with Crippen molar-refractivity contribution in [1.82, 2.24) is 14.5 Å². The van der Waals surface area contributed by atoms with Gasteiger partial charge in [0, 0.05) is 61.4 Å². The van der Waals surface area contributed by atoms with E-state index in [1.807, 2.05) is 0 Å². The van der Waals surface area contributed by atoms with Crippen LogP contribution in [0.15, 0.2) is 60.9 Å². The Morgan fingerprint density at radius 1 is 0.696 bits per heavy atom. The number of nitrogens with zero attached hydrogens (tertiary/aromatic N) is 2. The van der Waals surface area contributed by atoms with Crippen LogP contribution in [-0.2, 0) is 27.2 Å². The highest BCUT2D eigenvalue weighted by atomic mass is 14.9. The predicted molar refractivity (Wildman–Crippen MR) is 96.4 cm³/mol. The fraction of sp³-hybridized carbons (Fsp3) is 0.200. The second kappa shape index (κ2) is 5.60. The van der Waals surface area contributed by atoms with Gasteiger partial charge in [0.15, 0.2) is 0 Å². The Hall–Kier alpha value is -2.52. The van der Waals surface area contributed by atoms with Crippen LogP contribution in [-0.4, -0.2) is 9.13 Å². The molecule has 3 heteroatoms. The highest BCUT2D eigenvalue weighted by Gasteiger charge is 2.07. The van der Waals surface area contributed by atoms with Crippen molar-refractivity contribution in [3.63, 3.8) is 0 Å². The summed E-state index contributed by atoms with van der Waals surface area (Å²) in [6, 6.07) is 17.1. The Bertz CT molecular complexity index is 895. The molecule has 1 N–H and O–H groups in total. The van der Waals surface area contributed by atoms with E-state index in [9.17, 15) is 0 Å². The summed E-state index contributed by atoms with van der Waals surface area (Å²) in [7, 11) is 4.22. The molecule has 0 aliphatic rings. The lowest BCUT2D eigenvalue weighted by molar-refractivity contribution is 0.695. The Morgan fingerprint density at radius 3 is 1.61 bits per heavy atom. The van der Waals surface area contributed by atoms with Crippen LogP contribution in [0.1, 0.15) is 11.1 Å². The van der Waals surface area contributed by atoms with E-state index in [1.165, 1.54) is 32.9 Å². The maximum Gasteiger partial charge on any atom is 0.0481 e. The van der Waals surface area contributed by atoms with Crippen molar-refractivity contribution >= 4 is 21.8 Å². The molecular weight excluding hydrogens is 282 g/mol. The summed E-state index contributed by atoms with van der Waals surface area (Å²) in [5.41, 5.74) is 5.27. The molecular formula is C20H21N3. The number of nitrogens with one attached hydrogen (secondary N) is 1. The Kier molecular flexibility index (Phi) is 3.43. The highest BCUT2D eigenvalue weighted by Crippen LogP contribution is 2.22. The third kappa shape index (κ3) is 2.43. The zero-order chi connectivity index (χ0) is 15.8. The van der Waals surface area contributed by atoms with Crippen LogP contribution in [0.4, 0.5) is 0 Å². The lowest BCUT2D eigenvalue weighted by Crippen LogP contribution is -2.12. The molecule has 0 spiro atoms. The van der Waals surface area contributed by atoms with Crippen LogP contribution in [0.5, 0.6) is 0 Å². The number of hydrogen-bond donors (Lipinski definition) is 1. The van der Waals surface area contributed by atoms with Crippen molar-refractivity contribution in [2.75, 3.05) is 0 Å². The van der Waals surface area contributed by atoms with E-state index in [1.54, 1.807) is 0 Å². The molecule has 0 saturated carbocycles. The second-order valence-corrected chi connectivity index (χ2v) is 6.17. The fourth-order valence-electron chi connectivity index (χ4n) is 3.46. The molecule has 2 heterocycles. The normalized spacial score (nSPS) is 11.6. The molecule has 3 nitrogen and oxygen atoms in total. The summed E-state index contributed by atoms with van der Waals surface area (Å²) in [5.74, 6) is 0. The largest absolute Gasteiger partial charge is 0.350 e. The monoisotopic (exact) mass is 303 g/mol. The molecule has 2 aromatic carbocycles. The quantitative estimate of drug-likeness (QED) is 0.605. The van der Waals surface area contributed by atoms with E-state index in [0.717, 1.165) is 13.1 Å². The first-order valence-corrected chi connectivity index (χ1v) is 8.00. The average molecular weight is 303 g/mol. The second-order valence-electron chi connectivity index (χ2n) is 6.17. The number of aromatic nitrogens is 2. The molecule has 0 fully saturated rings. The number of aryl methyl sites for hydroxylation is 2. The van der Waals surface area contributed by atoms with Crippen molar-refractivity contribution in [3.8, 4) is 0 Å². The molecule has 0 radical (unpaired) electrons. The molecule has 4 rings (SSSR count). The minimum Gasteiger partial charge on any atom is -0.350 e. The van der Waals surface area contributed by atoms with Gasteiger partial charge < -0.3 is 14.5 Å². The molecule has 4 aromatic rings. The van der Waals surface area contributed by atoms with Gasteiger partial charge in [0.25, 0.3) is 0 Å². The van der Waals surface area contributed by atoms with Gasteiger partial charge in [0.2, 0.25) is 0 Å². The maximum absolute atomic E-state index is 3.60. The van der Waals surface area contributed by atoms with Gasteiger partial charge in [0.05, 0.1) is 0 Å². The van der Waals surface area contributed by atoms with Gasteiger partial charge in [-0.25, -0.2) is 0 Å². The topological polar surface area (TPSA) is 21.9 Å². The van der Waals surface area contributed by atoms with E-state index in [4.69, 9.17) is 0 Å². The molecule has 2 aromatic heterocycles. The lowest BCUT2D eigenvalue weighted by Gasteiger charge is -2.03. The summed E-state index contributed by atoms with van der Waals surface area (Å²) < 4.78 is 4.40. The van der Waals surface area contributed by atoms with Gasteiger partial charge in [0.1, 0.15) is 0 Å². The van der Waals surface area contributed by atoms with Gasteiger partial charge in [-0.2, -0.15) is 0 Å². The van der Waals surface area contributed by atoms with Crippen LogP contribution in [0.3, 0.4) is 0 Å². The van der Waals surface area contributed by atoms with Crippen molar-refractivity contribution in [1.29, 1.82) is 0 Å². The first-order valence-electron chi connectivity index (χ1n) is 8.00. The SMILES string of the molecule is Cn1cc(CNCc2cn(C)c3ccccc23)c2ccccc21. The molecule has 23 heavy (non-hydrogen) atoms. The molecule has 0 aliphatic carbocycles. The molecule has 0 unspecified atom stereocenters. The average Bonchev–Trinajstić information content (AvgIpc) is 3.07. The summed E-state index contributed by atoms with van der Waals surface area (Å²) in [5, 5.41) is 6.27. The number of hydrogen-bond acceptors (Lipinski definition) is 1. The van der Waals surface area contributed by atoms with Crippen molar-refractivity contribution < 1.29 is 0 Å². The van der Waals surface area contributed by atoms with Crippen LogP contribution in [0, 0.1) is 0 Å². The Labute approximate surface area is 136 Å². The fourth-order valence-corrected chi connectivity index (χ4v) is 3.46. The summed E-state index contributed by atoms with van der Waals surface area (Å²) in [4.78, 5) is 0. The number of rotatable bonds is 4. The summed E-state index contributed by atoms with van der Waals surface area (Å²) >= 11 is 0. The lowest BCUT2D eigenvalue weighted by atomic mass is 10.1. The van der Waals surface area contributed by atoms with Crippen molar-refractivity contribution in [2.24, 2.45) is 14.1 Å². The molecule has 0 bridgehead atoms. The first kappa shape index (κ1) is 14.1.